The van der Waals surface area contributed by atoms with Crippen LogP contribution in [0.5, 0.6) is 11.5 Å². The van der Waals surface area contributed by atoms with Crippen molar-refractivity contribution in [3.05, 3.63) is 400 Å². The molecule has 0 saturated carbocycles. The maximum Gasteiger partial charge on any atom is 0.127 e. The van der Waals surface area contributed by atoms with Crippen molar-refractivity contribution in [2.75, 3.05) is 23.0 Å². The molecule has 4 aromatic heterocycles. The van der Waals surface area contributed by atoms with Crippen LogP contribution < -0.4 is 19.3 Å². The highest BCUT2D eigenvalue weighted by molar-refractivity contribution is 6.15. The van der Waals surface area contributed by atoms with Gasteiger partial charge in [0.05, 0.1) is 57.3 Å². The second-order valence-corrected chi connectivity index (χ2v) is 31.5. The second kappa shape index (κ2) is 30.2. The van der Waals surface area contributed by atoms with Gasteiger partial charge in [-0.15, -0.1) is 0 Å². The highest BCUT2D eigenvalue weighted by atomic mass is 16.5. The molecule has 0 spiro atoms. The molecular formula is C112H84N6O2. The largest absolute Gasteiger partial charge is 0.493 e. The number of para-hydroxylation sites is 8. The Kier molecular flexibility index (Phi) is 18.0. The summed E-state index contributed by atoms with van der Waals surface area (Å²) < 4.78 is 23.6. The molecule has 574 valence electrons. The molecule has 18 aromatic carbocycles. The van der Waals surface area contributed by atoms with Gasteiger partial charge in [-0.2, -0.15) is 0 Å². The summed E-state index contributed by atoms with van der Waals surface area (Å²) in [4.78, 5) is 4.82. The first-order valence-electron chi connectivity index (χ1n) is 42.0. The Morgan fingerprint density at radius 3 is 0.792 bits per heavy atom. The van der Waals surface area contributed by atoms with Gasteiger partial charge >= 0.3 is 0 Å². The number of unbranched alkanes of at least 4 members (excludes halogenated alkanes) is 2. The minimum absolute atomic E-state index is 0.589. The van der Waals surface area contributed by atoms with Crippen LogP contribution in [0.15, 0.2) is 400 Å². The monoisotopic (exact) mass is 1540 g/mol. The number of nitrogens with zero attached hydrogens (tertiary/aromatic N) is 6. The Balaban J connectivity index is 0.653. The fraction of sp³-hybridized carbons (Fsp3) is 0.0714. The van der Waals surface area contributed by atoms with Gasteiger partial charge in [-0.3, -0.25) is 0 Å². The van der Waals surface area contributed by atoms with Crippen molar-refractivity contribution >= 4 is 143 Å². The Labute approximate surface area is 696 Å². The molecule has 0 N–H and O–H groups in total. The quantitative estimate of drug-likeness (QED) is 0.0673. The molecule has 0 bridgehead atoms. The summed E-state index contributed by atoms with van der Waals surface area (Å²) in [6.45, 7) is 5.62. The molecule has 0 atom stereocenters. The van der Waals surface area contributed by atoms with E-state index in [-0.39, 0.29) is 0 Å². The van der Waals surface area contributed by atoms with E-state index in [4.69, 9.17) is 9.47 Å². The number of rotatable bonds is 21. The number of ether oxygens (including phenoxy) is 2. The third-order valence-electron chi connectivity index (χ3n) is 24.3. The van der Waals surface area contributed by atoms with Gasteiger partial charge in [0.2, 0.25) is 0 Å². The van der Waals surface area contributed by atoms with Gasteiger partial charge in [0.15, 0.2) is 0 Å². The fourth-order valence-electron chi connectivity index (χ4n) is 18.8. The predicted octanol–water partition coefficient (Wildman–Crippen LogP) is 30.7. The molecule has 22 rings (SSSR count). The Morgan fingerprint density at radius 2 is 0.483 bits per heavy atom. The number of hydrogen-bond donors (Lipinski definition) is 0. The molecule has 0 aliphatic rings. The summed E-state index contributed by atoms with van der Waals surface area (Å²) in [6.07, 6.45) is 3.87. The molecule has 8 heteroatoms. The van der Waals surface area contributed by atoms with Crippen LogP contribution in [0.3, 0.4) is 0 Å². The van der Waals surface area contributed by atoms with Crippen molar-refractivity contribution in [1.82, 2.24) is 18.3 Å². The molecule has 8 nitrogen and oxygen atoms in total. The average Bonchev–Trinajstić information content (AvgIpc) is 1.56. The van der Waals surface area contributed by atoms with Crippen LogP contribution >= 0.6 is 0 Å². The van der Waals surface area contributed by atoms with Crippen LogP contribution in [0.25, 0.3) is 165 Å². The number of fused-ring (bicyclic) bond motifs is 14. The number of aromatic nitrogens is 4. The normalized spacial score (nSPS) is 11.8. The van der Waals surface area contributed by atoms with Gasteiger partial charge in [0.1, 0.15) is 11.5 Å². The second-order valence-electron chi connectivity index (χ2n) is 31.5. The van der Waals surface area contributed by atoms with Gasteiger partial charge in [-0.25, -0.2) is 0 Å². The lowest BCUT2D eigenvalue weighted by Crippen LogP contribution is -2.11. The van der Waals surface area contributed by atoms with E-state index in [1.165, 1.54) is 87.2 Å². The van der Waals surface area contributed by atoms with Crippen molar-refractivity contribution in [3.8, 4) is 67.6 Å². The van der Waals surface area contributed by atoms with Gasteiger partial charge in [-0.1, -0.05) is 245 Å². The maximum absolute atomic E-state index is 7.01. The molecule has 0 amide bonds. The molecule has 120 heavy (non-hydrogen) atoms. The molecule has 0 fully saturated rings. The molecule has 22 aromatic rings. The van der Waals surface area contributed by atoms with Crippen LogP contribution in [0.1, 0.15) is 39.5 Å². The van der Waals surface area contributed by atoms with E-state index < -0.39 is 0 Å². The van der Waals surface area contributed by atoms with E-state index in [0.29, 0.717) is 13.2 Å². The number of benzene rings is 18. The Hall–Kier alpha value is -15.1. The Bertz CT molecular complexity index is 7060. The Morgan fingerprint density at radius 1 is 0.208 bits per heavy atom. The summed E-state index contributed by atoms with van der Waals surface area (Å²) in [7, 11) is 0. The summed E-state index contributed by atoms with van der Waals surface area (Å²) in [5.41, 5.74) is 26.4. The first-order valence-corrected chi connectivity index (χ1v) is 42.0. The first kappa shape index (κ1) is 71.4. The predicted molar refractivity (Wildman–Crippen MR) is 505 cm³/mol. The third kappa shape index (κ3) is 12.3. The zero-order valence-electron chi connectivity index (χ0n) is 66.8. The molecule has 0 aliphatic carbocycles. The highest BCUT2D eigenvalue weighted by Gasteiger charge is 2.25. The van der Waals surface area contributed by atoms with Crippen LogP contribution in [-0.4, -0.2) is 31.5 Å². The van der Waals surface area contributed by atoms with Crippen LogP contribution in [0.2, 0.25) is 0 Å². The van der Waals surface area contributed by atoms with E-state index in [1.807, 2.05) is 0 Å². The highest BCUT2D eigenvalue weighted by Crippen LogP contribution is 2.50. The van der Waals surface area contributed by atoms with E-state index >= 15 is 0 Å². The van der Waals surface area contributed by atoms with Crippen molar-refractivity contribution in [3.63, 3.8) is 0 Å². The van der Waals surface area contributed by atoms with E-state index in [2.05, 4.69) is 442 Å². The number of anilines is 6. The summed E-state index contributed by atoms with van der Waals surface area (Å²) in [6, 6.07) is 147. The molecular weight excluding hydrogens is 1460 g/mol. The lowest BCUT2D eigenvalue weighted by Gasteiger charge is -2.27. The van der Waals surface area contributed by atoms with Gasteiger partial charge < -0.3 is 37.5 Å². The molecule has 0 radical (unpaired) electrons. The summed E-state index contributed by atoms with van der Waals surface area (Å²) >= 11 is 0. The van der Waals surface area contributed by atoms with E-state index in [9.17, 15) is 0 Å². The van der Waals surface area contributed by atoms with Crippen molar-refractivity contribution in [2.24, 2.45) is 0 Å². The first-order chi connectivity index (χ1) is 59.5. The third-order valence-corrected chi connectivity index (χ3v) is 24.3. The van der Waals surface area contributed by atoms with E-state index in [0.717, 1.165) is 149 Å². The van der Waals surface area contributed by atoms with Gasteiger partial charge in [0.25, 0.3) is 0 Å². The molecule has 4 heterocycles. The summed E-state index contributed by atoms with van der Waals surface area (Å²) in [5, 5.41) is 14.2. The smallest absolute Gasteiger partial charge is 0.127 e. The zero-order valence-corrected chi connectivity index (χ0v) is 66.8. The van der Waals surface area contributed by atoms with Crippen LogP contribution in [-0.2, 0) is 0 Å². The molecule has 0 aliphatic heterocycles. The lowest BCUT2D eigenvalue weighted by atomic mass is 9.89. The van der Waals surface area contributed by atoms with Gasteiger partial charge in [0, 0.05) is 111 Å². The lowest BCUT2D eigenvalue weighted by molar-refractivity contribution is 0.306. The van der Waals surface area contributed by atoms with E-state index in [1.54, 1.807) is 0 Å². The topological polar surface area (TPSA) is 44.7 Å². The SMILES string of the molecule is CCCCOc1ccc2cc(-c3cccc(N(c4ccc(-n5c6ccccc6c6ccccc65)cc4)c4cccc(-n5c6ccccc6c6ccccc65)c4)c3)ccc2c1-c1c(OCCCC)ccc2cc(-c3cccc(N(c4ccc(-n5c6ccccc6c6ccccc65)cc4)c4cccc(-n5c6ccccc6c6ccccc65)c4)c3)ccc12. The van der Waals surface area contributed by atoms with Crippen molar-refractivity contribution in [2.45, 2.75) is 39.5 Å². The minimum Gasteiger partial charge on any atom is -0.493 e. The standard InChI is InChI=1S/C112H84N6O2/c1-3-5-67-119-109-65-53-79-69-77(75-27-23-29-85(71-75)113(81-55-59-83(60-56-81)115-101-43-15-7-35-93(101)94-36-8-16-44-102(94)115)87-31-25-33-89(73-87)117-105-47-19-11-39-97(105)98-40-12-20-48-106(98)117)51-63-91(79)111(109)112-92-64-52-78(70-80(92)54-66-110(112)120-68-6-4-2)76-28-24-30-86(72-76)114(82-57-61-84(62-58-82)116-103-45-17-9-37-95(103)96-38-10-18-46-104(96)116)88-32-26-34-90(74-88)118-107-49-21-13-41-99(107)100-42-14-22-50-108(100)118/h7-66,69-74H,3-6,67-68H2,1-2H3. The molecule has 0 unspecified atom stereocenters. The summed E-state index contributed by atoms with van der Waals surface area (Å²) in [5.74, 6) is 1.67. The number of hydrogen-bond acceptors (Lipinski definition) is 4. The van der Waals surface area contributed by atoms with Crippen LogP contribution in [0.4, 0.5) is 34.1 Å². The van der Waals surface area contributed by atoms with Gasteiger partial charge in [-0.05, 0) is 239 Å². The molecule has 0 saturated heterocycles. The fourth-order valence-corrected chi connectivity index (χ4v) is 18.8. The zero-order chi connectivity index (χ0) is 79.7. The minimum atomic E-state index is 0.589. The van der Waals surface area contributed by atoms with Crippen molar-refractivity contribution < 1.29 is 9.47 Å². The van der Waals surface area contributed by atoms with Crippen LogP contribution in [0, 0.1) is 0 Å². The average molecular weight is 1550 g/mol. The maximum atomic E-state index is 7.01. The van der Waals surface area contributed by atoms with Crippen molar-refractivity contribution in [1.29, 1.82) is 0 Å².